The van der Waals surface area contributed by atoms with Gasteiger partial charge in [-0.2, -0.15) is 0 Å². The fourth-order valence-corrected chi connectivity index (χ4v) is 4.08. The molecule has 0 aliphatic heterocycles. The number of halogens is 1. The molecule has 0 aliphatic rings. The highest BCUT2D eigenvalue weighted by atomic mass is 35.5. The Bertz CT molecular complexity index is 860. The summed E-state index contributed by atoms with van der Waals surface area (Å²) in [6.45, 7) is 16.5. The third-order valence-corrected chi connectivity index (χ3v) is 10.2. The molecule has 0 spiro atoms. The second kappa shape index (κ2) is 9.15. The number of nitro benzene ring substituents is 1. The van der Waals surface area contributed by atoms with Gasteiger partial charge in [0, 0.05) is 30.8 Å². The van der Waals surface area contributed by atoms with Crippen molar-refractivity contribution in [2.75, 3.05) is 24.6 Å². The van der Waals surface area contributed by atoms with E-state index in [-0.39, 0.29) is 10.7 Å². The minimum Gasteiger partial charge on any atom is -0.464 e. The largest absolute Gasteiger partial charge is 0.464 e. The lowest BCUT2D eigenvalue weighted by Gasteiger charge is -2.37. The van der Waals surface area contributed by atoms with Gasteiger partial charge in [0.1, 0.15) is 5.76 Å². The van der Waals surface area contributed by atoms with Gasteiger partial charge in [0.05, 0.1) is 28.5 Å². The predicted molar refractivity (Wildman–Crippen MR) is 121 cm³/mol. The van der Waals surface area contributed by atoms with Gasteiger partial charge in [0.25, 0.3) is 5.69 Å². The van der Waals surface area contributed by atoms with Crippen molar-refractivity contribution in [3.63, 3.8) is 0 Å². The van der Waals surface area contributed by atoms with E-state index in [0.717, 1.165) is 0 Å². The number of furan rings is 1. The lowest BCUT2D eigenvalue weighted by atomic mass is 10.1. The van der Waals surface area contributed by atoms with E-state index in [4.69, 9.17) is 20.4 Å². The molecule has 0 amide bonds. The maximum Gasteiger partial charge on any atom is 0.271 e. The van der Waals surface area contributed by atoms with Crippen molar-refractivity contribution >= 4 is 31.3 Å². The maximum absolute atomic E-state index is 11.3. The minimum absolute atomic E-state index is 0.0822. The Labute approximate surface area is 178 Å². The third kappa shape index (κ3) is 5.50. The zero-order valence-electron chi connectivity index (χ0n) is 17.7. The van der Waals surface area contributed by atoms with Gasteiger partial charge in [-0.15, -0.1) is 6.58 Å². The van der Waals surface area contributed by atoms with Crippen LogP contribution in [0.5, 0.6) is 0 Å². The van der Waals surface area contributed by atoms with Gasteiger partial charge in [-0.25, -0.2) is 0 Å². The maximum atomic E-state index is 11.3. The number of rotatable bonds is 9. The Balaban J connectivity index is 2.39. The number of nitro groups is 1. The molecule has 0 radical (unpaired) electrons. The quantitative estimate of drug-likeness (QED) is 0.193. The lowest BCUT2D eigenvalue weighted by molar-refractivity contribution is -0.384. The van der Waals surface area contributed by atoms with E-state index >= 15 is 0 Å². The van der Waals surface area contributed by atoms with Crippen molar-refractivity contribution in [1.29, 1.82) is 0 Å². The standard InChI is InChI=1S/C21H29ClN2O4Si/c1-7-10-23(11-13-28-29(5,6)21(2,3)4)20-17(19-9-8-12-27-19)14-16(24(25)26)15-18(20)22/h7-9,12,14-15H,1,10-11,13H2,2-6H3. The molecular formula is C21H29ClN2O4Si. The van der Waals surface area contributed by atoms with Crippen molar-refractivity contribution in [3.8, 4) is 11.3 Å². The smallest absolute Gasteiger partial charge is 0.271 e. The molecule has 1 aromatic carbocycles. The van der Waals surface area contributed by atoms with Gasteiger partial charge < -0.3 is 13.7 Å². The molecule has 0 saturated heterocycles. The predicted octanol–water partition coefficient (Wildman–Crippen LogP) is 6.52. The number of benzene rings is 1. The summed E-state index contributed by atoms with van der Waals surface area (Å²) < 4.78 is 11.8. The summed E-state index contributed by atoms with van der Waals surface area (Å²) in [6.07, 6.45) is 3.31. The molecule has 0 bridgehead atoms. The van der Waals surface area contributed by atoms with Gasteiger partial charge in [-0.1, -0.05) is 38.4 Å². The first kappa shape index (κ1) is 23.2. The molecule has 6 nitrogen and oxygen atoms in total. The molecule has 1 heterocycles. The van der Waals surface area contributed by atoms with Gasteiger partial charge in [-0.05, 0) is 30.3 Å². The highest BCUT2D eigenvalue weighted by Gasteiger charge is 2.37. The second-order valence-corrected chi connectivity index (χ2v) is 13.6. The van der Waals surface area contributed by atoms with Crippen LogP contribution in [0.2, 0.25) is 23.2 Å². The van der Waals surface area contributed by atoms with Gasteiger partial charge >= 0.3 is 0 Å². The van der Waals surface area contributed by atoms with Crippen LogP contribution in [-0.2, 0) is 4.43 Å². The molecule has 29 heavy (non-hydrogen) atoms. The number of non-ortho nitro benzene ring substituents is 1. The monoisotopic (exact) mass is 436 g/mol. The van der Waals surface area contributed by atoms with Crippen LogP contribution in [0.3, 0.4) is 0 Å². The molecule has 0 aliphatic carbocycles. The molecule has 158 valence electrons. The van der Waals surface area contributed by atoms with E-state index in [0.29, 0.717) is 41.7 Å². The fourth-order valence-electron chi connectivity index (χ4n) is 2.71. The summed E-state index contributed by atoms with van der Waals surface area (Å²) in [6, 6.07) is 6.36. The highest BCUT2D eigenvalue weighted by Crippen LogP contribution is 2.41. The van der Waals surface area contributed by atoms with E-state index in [1.165, 1.54) is 18.4 Å². The van der Waals surface area contributed by atoms with Crippen LogP contribution in [0, 0.1) is 10.1 Å². The fraction of sp³-hybridized carbons (Fsp3) is 0.429. The van der Waals surface area contributed by atoms with E-state index in [1.807, 2.05) is 4.90 Å². The summed E-state index contributed by atoms with van der Waals surface area (Å²) in [4.78, 5) is 12.9. The Hall–Kier alpha value is -2.09. The molecule has 8 heteroatoms. The summed E-state index contributed by atoms with van der Waals surface area (Å²) >= 11 is 6.51. The van der Waals surface area contributed by atoms with E-state index in [1.54, 1.807) is 18.2 Å². The zero-order chi connectivity index (χ0) is 21.8. The van der Waals surface area contributed by atoms with Crippen LogP contribution in [0.25, 0.3) is 11.3 Å². The molecule has 0 N–H and O–H groups in total. The summed E-state index contributed by atoms with van der Waals surface area (Å²) in [7, 11) is -1.89. The minimum atomic E-state index is -1.89. The second-order valence-electron chi connectivity index (χ2n) is 8.40. The molecule has 0 unspecified atom stereocenters. The third-order valence-electron chi connectivity index (χ3n) is 5.34. The Morgan fingerprint density at radius 3 is 2.59 bits per heavy atom. The first-order valence-corrected chi connectivity index (χ1v) is 12.8. The number of nitrogens with zero attached hydrogens (tertiary/aromatic N) is 2. The SMILES string of the molecule is C=CCN(CCO[Si](C)(C)C(C)(C)C)c1c(Cl)cc([N+](=O)[O-])cc1-c1ccco1. The van der Waals surface area contributed by atoms with E-state index in [2.05, 4.69) is 40.4 Å². The van der Waals surface area contributed by atoms with E-state index in [9.17, 15) is 10.1 Å². The Morgan fingerprint density at radius 1 is 1.38 bits per heavy atom. The van der Waals surface area contributed by atoms with Crippen molar-refractivity contribution in [3.05, 3.63) is 58.3 Å². The van der Waals surface area contributed by atoms with Crippen LogP contribution in [-0.4, -0.2) is 32.9 Å². The lowest BCUT2D eigenvalue weighted by Crippen LogP contribution is -2.43. The molecule has 2 rings (SSSR count). The first-order valence-electron chi connectivity index (χ1n) is 9.49. The van der Waals surface area contributed by atoms with Crippen molar-refractivity contribution in [2.45, 2.75) is 38.9 Å². The van der Waals surface area contributed by atoms with Crippen LogP contribution in [0.1, 0.15) is 20.8 Å². The van der Waals surface area contributed by atoms with E-state index < -0.39 is 13.2 Å². The van der Waals surface area contributed by atoms with Crippen LogP contribution in [0.4, 0.5) is 11.4 Å². The van der Waals surface area contributed by atoms with Crippen molar-refractivity contribution in [1.82, 2.24) is 0 Å². The number of hydrogen-bond acceptors (Lipinski definition) is 5. The molecular weight excluding hydrogens is 408 g/mol. The van der Waals surface area contributed by atoms with Crippen molar-refractivity contribution < 1.29 is 13.8 Å². The molecule has 0 saturated carbocycles. The molecule has 2 aromatic rings. The Morgan fingerprint density at radius 2 is 2.07 bits per heavy atom. The van der Waals surface area contributed by atoms with Gasteiger partial charge in [0.2, 0.25) is 0 Å². The summed E-state index contributed by atoms with van der Waals surface area (Å²) in [5.41, 5.74) is 1.16. The van der Waals surface area contributed by atoms with Gasteiger partial charge in [-0.3, -0.25) is 10.1 Å². The van der Waals surface area contributed by atoms with Crippen molar-refractivity contribution in [2.24, 2.45) is 0 Å². The molecule has 1 aromatic heterocycles. The number of hydrogen-bond donors (Lipinski definition) is 0. The zero-order valence-corrected chi connectivity index (χ0v) is 19.5. The first-order chi connectivity index (χ1) is 13.5. The number of anilines is 1. The molecule has 0 atom stereocenters. The average molecular weight is 437 g/mol. The summed E-state index contributed by atoms with van der Waals surface area (Å²) in [5, 5.41) is 11.7. The van der Waals surface area contributed by atoms with Crippen LogP contribution in [0.15, 0.2) is 47.6 Å². The summed E-state index contributed by atoms with van der Waals surface area (Å²) in [5.74, 6) is 0.518. The van der Waals surface area contributed by atoms with Gasteiger partial charge in [0.15, 0.2) is 8.32 Å². The highest BCUT2D eigenvalue weighted by molar-refractivity contribution is 6.74. The normalized spacial score (nSPS) is 12.1. The average Bonchev–Trinajstić information content (AvgIpc) is 3.13. The van der Waals surface area contributed by atoms with Crippen LogP contribution >= 0.6 is 11.6 Å². The molecule has 0 fully saturated rings. The topological polar surface area (TPSA) is 68.8 Å². The van der Waals surface area contributed by atoms with Crippen LogP contribution < -0.4 is 4.90 Å². The Kier molecular flexibility index (Phi) is 7.32.